The highest BCUT2D eigenvalue weighted by Crippen LogP contribution is 2.29. The Labute approximate surface area is 123 Å². The van der Waals surface area contributed by atoms with Crippen molar-refractivity contribution < 1.29 is 4.52 Å². The molecule has 0 aliphatic heterocycles. The van der Waals surface area contributed by atoms with Crippen LogP contribution >= 0.6 is 0 Å². The van der Waals surface area contributed by atoms with Crippen molar-refractivity contribution in [2.24, 2.45) is 5.73 Å². The molecule has 0 radical (unpaired) electrons. The van der Waals surface area contributed by atoms with Crippen molar-refractivity contribution in [1.82, 2.24) is 15.1 Å². The summed E-state index contributed by atoms with van der Waals surface area (Å²) in [5.74, 6) is 1.05. The number of rotatable bonds is 4. The van der Waals surface area contributed by atoms with Crippen LogP contribution in [0.4, 0.5) is 0 Å². The molecule has 0 fully saturated rings. The van der Waals surface area contributed by atoms with Gasteiger partial charge in [-0.15, -0.1) is 0 Å². The summed E-state index contributed by atoms with van der Waals surface area (Å²) in [6.45, 7) is 4.06. The lowest BCUT2D eigenvalue weighted by Gasteiger charge is -2.21. The van der Waals surface area contributed by atoms with Crippen molar-refractivity contribution in [3.05, 3.63) is 42.4 Å². The van der Waals surface area contributed by atoms with Gasteiger partial charge < -0.3 is 10.3 Å². The Bertz CT molecular complexity index is 756. The Hall–Kier alpha value is -2.27. The zero-order valence-corrected chi connectivity index (χ0v) is 12.2. The van der Waals surface area contributed by atoms with Crippen LogP contribution in [0.15, 0.2) is 41.1 Å². The zero-order valence-electron chi connectivity index (χ0n) is 12.2. The standard InChI is InChI=1S/C16H18N4O/c1-3-16(17,4-2)15-19-14(21-20-15)12-9-10-18-13-8-6-5-7-11(12)13/h5-10H,3-4,17H2,1-2H3. The molecular formula is C16H18N4O. The summed E-state index contributed by atoms with van der Waals surface area (Å²) in [4.78, 5) is 8.85. The molecule has 2 N–H and O–H groups in total. The highest BCUT2D eigenvalue weighted by molar-refractivity contribution is 5.91. The summed E-state index contributed by atoms with van der Waals surface area (Å²) < 4.78 is 5.44. The van der Waals surface area contributed by atoms with E-state index in [2.05, 4.69) is 15.1 Å². The summed E-state index contributed by atoms with van der Waals surface area (Å²) in [7, 11) is 0. The molecule has 0 amide bonds. The number of benzene rings is 1. The Morgan fingerprint density at radius 1 is 1.14 bits per heavy atom. The van der Waals surface area contributed by atoms with Crippen LogP contribution in [-0.2, 0) is 5.54 Å². The minimum atomic E-state index is -0.537. The summed E-state index contributed by atoms with van der Waals surface area (Å²) in [6.07, 6.45) is 3.27. The van der Waals surface area contributed by atoms with Gasteiger partial charge in [0.15, 0.2) is 5.82 Å². The van der Waals surface area contributed by atoms with E-state index in [-0.39, 0.29) is 0 Å². The number of nitrogens with zero attached hydrogens (tertiary/aromatic N) is 3. The van der Waals surface area contributed by atoms with Crippen LogP contribution in [0.3, 0.4) is 0 Å². The van der Waals surface area contributed by atoms with Crippen molar-refractivity contribution in [3.63, 3.8) is 0 Å². The second-order valence-electron chi connectivity index (χ2n) is 5.16. The molecule has 0 aliphatic rings. The van der Waals surface area contributed by atoms with Gasteiger partial charge in [-0.3, -0.25) is 4.98 Å². The van der Waals surface area contributed by atoms with Gasteiger partial charge in [-0.1, -0.05) is 37.2 Å². The molecule has 5 heteroatoms. The third kappa shape index (κ3) is 2.29. The lowest BCUT2D eigenvalue weighted by Crippen LogP contribution is -2.36. The number of aromatic nitrogens is 3. The first-order chi connectivity index (χ1) is 10.2. The molecular weight excluding hydrogens is 264 g/mol. The Balaban J connectivity index is 2.11. The quantitative estimate of drug-likeness (QED) is 0.794. The van der Waals surface area contributed by atoms with Gasteiger partial charge in [-0.2, -0.15) is 4.98 Å². The van der Waals surface area contributed by atoms with Gasteiger partial charge in [-0.25, -0.2) is 0 Å². The van der Waals surface area contributed by atoms with E-state index < -0.39 is 5.54 Å². The van der Waals surface area contributed by atoms with Gasteiger partial charge in [0.25, 0.3) is 5.89 Å². The smallest absolute Gasteiger partial charge is 0.258 e. The van der Waals surface area contributed by atoms with E-state index in [1.807, 2.05) is 44.2 Å². The molecule has 2 heterocycles. The minimum Gasteiger partial charge on any atom is -0.334 e. The maximum absolute atomic E-state index is 6.32. The first-order valence-electron chi connectivity index (χ1n) is 7.15. The molecule has 0 aliphatic carbocycles. The summed E-state index contributed by atoms with van der Waals surface area (Å²) in [5.41, 5.74) is 7.57. The monoisotopic (exact) mass is 282 g/mol. The molecule has 3 aromatic rings. The lowest BCUT2D eigenvalue weighted by atomic mass is 9.93. The van der Waals surface area contributed by atoms with E-state index in [9.17, 15) is 0 Å². The van der Waals surface area contributed by atoms with Crippen LogP contribution in [0.2, 0.25) is 0 Å². The molecule has 0 saturated carbocycles. The molecule has 21 heavy (non-hydrogen) atoms. The fourth-order valence-electron chi connectivity index (χ4n) is 2.38. The van der Waals surface area contributed by atoms with Crippen molar-refractivity contribution in [3.8, 4) is 11.5 Å². The molecule has 5 nitrogen and oxygen atoms in total. The third-order valence-electron chi connectivity index (χ3n) is 4.01. The van der Waals surface area contributed by atoms with Crippen LogP contribution in [-0.4, -0.2) is 15.1 Å². The minimum absolute atomic E-state index is 0.486. The van der Waals surface area contributed by atoms with Gasteiger partial charge in [0.2, 0.25) is 0 Å². The first kappa shape index (κ1) is 13.7. The molecule has 0 unspecified atom stereocenters. The maximum Gasteiger partial charge on any atom is 0.258 e. The van der Waals surface area contributed by atoms with Crippen LogP contribution in [0.25, 0.3) is 22.4 Å². The fourth-order valence-corrected chi connectivity index (χ4v) is 2.38. The van der Waals surface area contributed by atoms with Crippen LogP contribution < -0.4 is 5.73 Å². The number of hydrogen-bond donors (Lipinski definition) is 1. The molecule has 0 atom stereocenters. The van der Waals surface area contributed by atoms with E-state index in [0.29, 0.717) is 11.7 Å². The fraction of sp³-hybridized carbons (Fsp3) is 0.312. The number of nitrogens with two attached hydrogens (primary N) is 1. The second kappa shape index (κ2) is 5.26. The maximum atomic E-state index is 6.32. The number of pyridine rings is 1. The average molecular weight is 282 g/mol. The van der Waals surface area contributed by atoms with Crippen LogP contribution in [0.1, 0.15) is 32.5 Å². The van der Waals surface area contributed by atoms with Crippen LogP contribution in [0.5, 0.6) is 0 Å². The Morgan fingerprint density at radius 3 is 2.67 bits per heavy atom. The normalized spacial score (nSPS) is 12.0. The van der Waals surface area contributed by atoms with Crippen molar-refractivity contribution >= 4 is 10.9 Å². The van der Waals surface area contributed by atoms with E-state index in [1.54, 1.807) is 6.20 Å². The highest BCUT2D eigenvalue weighted by atomic mass is 16.5. The predicted molar refractivity (Wildman–Crippen MR) is 81.5 cm³/mol. The first-order valence-corrected chi connectivity index (χ1v) is 7.15. The predicted octanol–water partition coefficient (Wildman–Crippen LogP) is 3.26. The van der Waals surface area contributed by atoms with Crippen molar-refractivity contribution in [2.75, 3.05) is 0 Å². The summed E-state index contributed by atoms with van der Waals surface area (Å²) >= 11 is 0. The molecule has 1 aromatic carbocycles. The average Bonchev–Trinajstić information content (AvgIpc) is 3.04. The summed E-state index contributed by atoms with van der Waals surface area (Å²) in [6, 6.07) is 9.77. The van der Waals surface area contributed by atoms with Gasteiger partial charge in [0.1, 0.15) is 0 Å². The lowest BCUT2D eigenvalue weighted by molar-refractivity contribution is 0.350. The number of hydrogen-bond acceptors (Lipinski definition) is 5. The Morgan fingerprint density at radius 2 is 1.90 bits per heavy atom. The largest absolute Gasteiger partial charge is 0.334 e. The van der Waals surface area contributed by atoms with E-state index in [0.717, 1.165) is 29.3 Å². The molecule has 2 aromatic heterocycles. The van der Waals surface area contributed by atoms with Crippen LogP contribution in [0, 0.1) is 0 Å². The third-order valence-corrected chi connectivity index (χ3v) is 4.01. The summed E-state index contributed by atoms with van der Waals surface area (Å²) in [5, 5.41) is 5.07. The zero-order chi connectivity index (χ0) is 14.9. The molecule has 0 spiro atoms. The second-order valence-corrected chi connectivity index (χ2v) is 5.16. The van der Waals surface area contributed by atoms with E-state index in [1.165, 1.54) is 0 Å². The molecule has 3 rings (SSSR count). The topological polar surface area (TPSA) is 77.8 Å². The Kier molecular flexibility index (Phi) is 3.43. The van der Waals surface area contributed by atoms with Gasteiger partial charge in [-0.05, 0) is 25.0 Å². The highest BCUT2D eigenvalue weighted by Gasteiger charge is 2.29. The SMILES string of the molecule is CCC(N)(CC)c1noc(-c2ccnc3ccccc23)n1. The number of para-hydroxylation sites is 1. The van der Waals surface area contributed by atoms with E-state index >= 15 is 0 Å². The van der Waals surface area contributed by atoms with E-state index in [4.69, 9.17) is 10.3 Å². The number of fused-ring (bicyclic) bond motifs is 1. The molecule has 0 saturated heterocycles. The molecule has 0 bridgehead atoms. The molecule has 108 valence electrons. The van der Waals surface area contributed by atoms with Crippen molar-refractivity contribution in [2.45, 2.75) is 32.2 Å². The van der Waals surface area contributed by atoms with Crippen molar-refractivity contribution in [1.29, 1.82) is 0 Å². The van der Waals surface area contributed by atoms with Gasteiger partial charge in [0.05, 0.1) is 16.6 Å². The van der Waals surface area contributed by atoms with Gasteiger partial charge in [0, 0.05) is 11.6 Å². The van der Waals surface area contributed by atoms with Gasteiger partial charge >= 0.3 is 0 Å².